The average Bonchev–Trinajstić information content (AvgIpc) is 3.16. The average molecular weight is 458 g/mol. The zero-order valence-corrected chi connectivity index (χ0v) is 20.2. The second kappa shape index (κ2) is 10.5. The molecule has 178 valence electrons. The molecule has 5 rings (SSSR count). The lowest BCUT2D eigenvalue weighted by atomic mass is 10.0. The number of carbonyl (C=O) groups excluding carboxylic acids is 1. The van der Waals surface area contributed by atoms with Crippen LogP contribution in [0.5, 0.6) is 0 Å². The summed E-state index contributed by atoms with van der Waals surface area (Å²) >= 11 is 0. The molecule has 34 heavy (non-hydrogen) atoms. The lowest BCUT2D eigenvalue weighted by molar-refractivity contribution is 0.0904. The predicted octanol–water partition coefficient (Wildman–Crippen LogP) is 4.71. The minimum Gasteiger partial charge on any atom is -0.357 e. The number of anilines is 1. The first-order chi connectivity index (χ1) is 16.6. The number of rotatable bonds is 5. The third kappa shape index (κ3) is 5.55. The molecule has 0 radical (unpaired) electrons. The number of carbonyl (C=O) groups is 1. The summed E-state index contributed by atoms with van der Waals surface area (Å²) < 4.78 is 0. The second-order valence-corrected chi connectivity index (χ2v) is 9.81. The number of pyridine rings is 2. The molecule has 3 aromatic rings. The quantitative estimate of drug-likeness (QED) is 0.601. The van der Waals surface area contributed by atoms with Crippen LogP contribution in [-0.4, -0.2) is 53.0 Å². The SMILES string of the molecule is Cc1ccc(CN2CCC(NC(=O)c3ccc4nc(N5CCCCCC5)ccc4n3)CC2)cc1. The Morgan fingerprint density at radius 2 is 1.53 bits per heavy atom. The fraction of sp³-hybridized carbons (Fsp3) is 0.464. The van der Waals surface area contributed by atoms with Crippen molar-refractivity contribution in [3.63, 3.8) is 0 Å². The highest BCUT2D eigenvalue weighted by molar-refractivity contribution is 5.94. The van der Waals surface area contributed by atoms with E-state index in [0.29, 0.717) is 5.69 Å². The van der Waals surface area contributed by atoms with Gasteiger partial charge in [-0.15, -0.1) is 0 Å². The molecule has 0 spiro atoms. The Labute approximate surface area is 202 Å². The number of hydrogen-bond donors (Lipinski definition) is 1. The van der Waals surface area contributed by atoms with Gasteiger partial charge in [0.25, 0.3) is 5.91 Å². The molecule has 0 bridgehead atoms. The van der Waals surface area contributed by atoms with E-state index >= 15 is 0 Å². The van der Waals surface area contributed by atoms with Crippen molar-refractivity contribution in [3.8, 4) is 0 Å². The van der Waals surface area contributed by atoms with E-state index in [0.717, 1.165) is 62.4 Å². The molecule has 6 heteroatoms. The van der Waals surface area contributed by atoms with Crippen LogP contribution in [0.15, 0.2) is 48.5 Å². The number of benzene rings is 1. The fourth-order valence-electron chi connectivity index (χ4n) is 5.05. The predicted molar refractivity (Wildman–Crippen MR) is 137 cm³/mol. The molecule has 2 aromatic heterocycles. The molecule has 6 nitrogen and oxygen atoms in total. The van der Waals surface area contributed by atoms with Crippen molar-refractivity contribution in [1.29, 1.82) is 0 Å². The highest BCUT2D eigenvalue weighted by atomic mass is 16.1. The smallest absolute Gasteiger partial charge is 0.270 e. The molecule has 1 N–H and O–H groups in total. The zero-order chi connectivity index (χ0) is 23.3. The number of fused-ring (bicyclic) bond motifs is 1. The minimum absolute atomic E-state index is 0.0875. The van der Waals surface area contributed by atoms with Crippen LogP contribution in [-0.2, 0) is 6.54 Å². The Kier molecular flexibility index (Phi) is 7.05. The fourth-order valence-corrected chi connectivity index (χ4v) is 5.05. The van der Waals surface area contributed by atoms with Gasteiger partial charge in [0, 0.05) is 38.8 Å². The third-order valence-electron chi connectivity index (χ3n) is 7.14. The molecule has 0 atom stereocenters. The molecular weight excluding hydrogens is 422 g/mol. The van der Waals surface area contributed by atoms with E-state index in [1.807, 2.05) is 24.3 Å². The monoisotopic (exact) mass is 457 g/mol. The first-order valence-electron chi connectivity index (χ1n) is 12.8. The number of hydrogen-bond acceptors (Lipinski definition) is 5. The van der Waals surface area contributed by atoms with Gasteiger partial charge in [0.1, 0.15) is 11.5 Å². The summed E-state index contributed by atoms with van der Waals surface area (Å²) in [5.74, 6) is 0.932. The molecule has 0 aliphatic carbocycles. The highest BCUT2D eigenvalue weighted by Gasteiger charge is 2.22. The molecule has 2 aliphatic heterocycles. The van der Waals surface area contributed by atoms with Crippen LogP contribution in [0.1, 0.15) is 60.1 Å². The first kappa shape index (κ1) is 22.8. The summed E-state index contributed by atoms with van der Waals surface area (Å²) in [5, 5.41) is 3.21. The second-order valence-electron chi connectivity index (χ2n) is 9.81. The summed E-state index contributed by atoms with van der Waals surface area (Å²) in [5.41, 5.74) is 4.74. The molecule has 2 saturated heterocycles. The van der Waals surface area contributed by atoms with Gasteiger partial charge in [-0.1, -0.05) is 42.7 Å². The summed E-state index contributed by atoms with van der Waals surface area (Å²) in [6, 6.07) is 16.7. The molecule has 2 fully saturated rings. The maximum absolute atomic E-state index is 12.9. The topological polar surface area (TPSA) is 61.4 Å². The lowest BCUT2D eigenvalue weighted by Gasteiger charge is -2.32. The molecule has 0 unspecified atom stereocenters. The van der Waals surface area contributed by atoms with Gasteiger partial charge in [0.05, 0.1) is 11.0 Å². The Morgan fingerprint density at radius 3 is 2.26 bits per heavy atom. The van der Waals surface area contributed by atoms with Gasteiger partial charge in [-0.25, -0.2) is 9.97 Å². The van der Waals surface area contributed by atoms with Crippen molar-refractivity contribution < 1.29 is 4.79 Å². The molecule has 4 heterocycles. The van der Waals surface area contributed by atoms with Crippen LogP contribution in [0.2, 0.25) is 0 Å². The summed E-state index contributed by atoms with van der Waals surface area (Å²) in [4.78, 5) is 27.2. The number of nitrogens with one attached hydrogen (secondary N) is 1. The number of amides is 1. The normalized spacial score (nSPS) is 18.1. The van der Waals surface area contributed by atoms with Gasteiger partial charge < -0.3 is 10.2 Å². The van der Waals surface area contributed by atoms with Crippen LogP contribution < -0.4 is 10.2 Å². The lowest BCUT2D eigenvalue weighted by Crippen LogP contribution is -2.44. The van der Waals surface area contributed by atoms with Crippen molar-refractivity contribution in [2.24, 2.45) is 0 Å². The summed E-state index contributed by atoms with van der Waals surface area (Å²) in [6.45, 7) is 7.21. The number of aryl methyl sites for hydroxylation is 1. The Hall–Kier alpha value is -2.99. The summed E-state index contributed by atoms with van der Waals surface area (Å²) in [7, 11) is 0. The third-order valence-corrected chi connectivity index (χ3v) is 7.14. The van der Waals surface area contributed by atoms with E-state index in [1.54, 1.807) is 0 Å². The molecule has 1 aromatic carbocycles. The standard InChI is InChI=1S/C28H35N5O/c1-21-6-8-22(9-7-21)20-32-18-14-23(15-19-32)29-28(34)26-11-10-25-24(30-26)12-13-27(31-25)33-16-4-2-3-5-17-33/h6-13,23H,2-5,14-20H2,1H3,(H,29,34). The zero-order valence-electron chi connectivity index (χ0n) is 20.2. The maximum Gasteiger partial charge on any atom is 0.270 e. The Bertz CT molecular complexity index is 1110. The van der Waals surface area contributed by atoms with Crippen molar-refractivity contribution in [1.82, 2.24) is 20.2 Å². The van der Waals surface area contributed by atoms with E-state index in [-0.39, 0.29) is 11.9 Å². The van der Waals surface area contributed by atoms with Crippen LogP contribution >= 0.6 is 0 Å². The van der Waals surface area contributed by atoms with E-state index in [4.69, 9.17) is 4.98 Å². The van der Waals surface area contributed by atoms with Gasteiger partial charge in [-0.2, -0.15) is 0 Å². The number of likely N-dealkylation sites (tertiary alicyclic amines) is 1. The van der Waals surface area contributed by atoms with Crippen LogP contribution in [0.3, 0.4) is 0 Å². The van der Waals surface area contributed by atoms with Gasteiger partial charge >= 0.3 is 0 Å². The number of nitrogens with zero attached hydrogens (tertiary/aromatic N) is 4. The Balaban J connectivity index is 1.17. The van der Waals surface area contributed by atoms with Gasteiger partial charge in [0.15, 0.2) is 0 Å². The van der Waals surface area contributed by atoms with Gasteiger partial charge in [0.2, 0.25) is 0 Å². The van der Waals surface area contributed by atoms with Crippen LogP contribution in [0.25, 0.3) is 11.0 Å². The van der Waals surface area contributed by atoms with E-state index in [1.165, 1.54) is 36.8 Å². The van der Waals surface area contributed by atoms with Crippen molar-refractivity contribution in [3.05, 3.63) is 65.4 Å². The van der Waals surface area contributed by atoms with Gasteiger partial charge in [-0.05, 0) is 62.4 Å². The van der Waals surface area contributed by atoms with Crippen LogP contribution in [0, 0.1) is 6.92 Å². The van der Waals surface area contributed by atoms with E-state index in [9.17, 15) is 4.79 Å². The first-order valence-corrected chi connectivity index (χ1v) is 12.8. The molecule has 0 saturated carbocycles. The number of aromatic nitrogens is 2. The van der Waals surface area contributed by atoms with Crippen molar-refractivity contribution in [2.75, 3.05) is 31.1 Å². The molecule has 1 amide bonds. The maximum atomic E-state index is 12.9. The molecule has 2 aliphatic rings. The minimum atomic E-state index is -0.0875. The van der Waals surface area contributed by atoms with Gasteiger partial charge in [-0.3, -0.25) is 9.69 Å². The van der Waals surface area contributed by atoms with Crippen LogP contribution in [0.4, 0.5) is 5.82 Å². The van der Waals surface area contributed by atoms with E-state index in [2.05, 4.69) is 51.3 Å². The van der Waals surface area contributed by atoms with Crippen molar-refractivity contribution >= 4 is 22.8 Å². The highest BCUT2D eigenvalue weighted by Crippen LogP contribution is 2.21. The molecular formula is C28H35N5O. The number of piperidine rings is 1. The Morgan fingerprint density at radius 1 is 0.853 bits per heavy atom. The van der Waals surface area contributed by atoms with E-state index < -0.39 is 0 Å². The largest absolute Gasteiger partial charge is 0.357 e. The van der Waals surface area contributed by atoms with Crippen molar-refractivity contribution in [2.45, 2.75) is 58.0 Å². The summed E-state index contributed by atoms with van der Waals surface area (Å²) in [6.07, 6.45) is 6.98.